The van der Waals surface area contributed by atoms with Crippen LogP contribution in [0, 0.1) is 5.82 Å². The highest BCUT2D eigenvalue weighted by atomic mass is 19.1. The first-order chi connectivity index (χ1) is 13.6. The standard InChI is InChI=1S/C20H28FN5O2/c1-15(13-28-19-9-12-27-14-19)24-20(22-2)23-10-7-17-8-11-26(25-17)18-5-3-16(21)4-6-18/h3-6,8,11,15,19H,7,9-10,12-14H2,1-2H3,(H2,22,23,24). The van der Waals surface area contributed by atoms with Crippen molar-refractivity contribution in [3.63, 3.8) is 0 Å². The largest absolute Gasteiger partial charge is 0.379 e. The molecule has 1 aromatic heterocycles. The lowest BCUT2D eigenvalue weighted by Gasteiger charge is -2.19. The summed E-state index contributed by atoms with van der Waals surface area (Å²) in [6.07, 6.45) is 3.79. The molecule has 0 bridgehead atoms. The Morgan fingerprint density at radius 1 is 1.39 bits per heavy atom. The fraction of sp³-hybridized carbons (Fsp3) is 0.500. The third kappa shape index (κ3) is 6.03. The van der Waals surface area contributed by atoms with Crippen molar-refractivity contribution in [2.24, 2.45) is 4.99 Å². The normalized spacial score (nSPS) is 18.2. The topological polar surface area (TPSA) is 72.7 Å². The molecule has 2 atom stereocenters. The maximum absolute atomic E-state index is 13.0. The van der Waals surface area contributed by atoms with Crippen molar-refractivity contribution in [1.29, 1.82) is 0 Å². The first kappa shape index (κ1) is 20.3. The minimum Gasteiger partial charge on any atom is -0.379 e. The Morgan fingerprint density at radius 3 is 2.93 bits per heavy atom. The van der Waals surface area contributed by atoms with Gasteiger partial charge in [0.15, 0.2) is 5.96 Å². The zero-order valence-electron chi connectivity index (χ0n) is 16.4. The molecule has 28 heavy (non-hydrogen) atoms. The van der Waals surface area contributed by atoms with E-state index in [1.807, 2.05) is 12.3 Å². The van der Waals surface area contributed by atoms with Crippen molar-refractivity contribution in [3.8, 4) is 5.69 Å². The number of guanidine groups is 1. The number of halogens is 1. The summed E-state index contributed by atoms with van der Waals surface area (Å²) < 4.78 is 25.9. The zero-order valence-corrected chi connectivity index (χ0v) is 16.4. The summed E-state index contributed by atoms with van der Waals surface area (Å²) in [5.41, 5.74) is 1.78. The predicted molar refractivity (Wildman–Crippen MR) is 106 cm³/mol. The van der Waals surface area contributed by atoms with Crippen molar-refractivity contribution >= 4 is 5.96 Å². The van der Waals surface area contributed by atoms with E-state index in [1.165, 1.54) is 12.1 Å². The SMILES string of the molecule is CN=C(NCCc1ccn(-c2ccc(F)cc2)n1)NC(C)COC1CCOC1. The maximum atomic E-state index is 13.0. The summed E-state index contributed by atoms with van der Waals surface area (Å²) in [7, 11) is 1.75. The molecular weight excluding hydrogens is 361 g/mol. The molecule has 0 aliphatic carbocycles. The average molecular weight is 389 g/mol. The monoisotopic (exact) mass is 389 g/mol. The minimum atomic E-state index is -0.254. The van der Waals surface area contributed by atoms with Crippen molar-refractivity contribution < 1.29 is 13.9 Å². The number of nitrogens with one attached hydrogen (secondary N) is 2. The summed E-state index contributed by atoms with van der Waals surface area (Å²) in [5.74, 6) is 0.479. The smallest absolute Gasteiger partial charge is 0.191 e. The Kier molecular flexibility index (Phi) is 7.39. The number of hydrogen-bond donors (Lipinski definition) is 2. The Bertz CT molecular complexity index is 756. The molecule has 0 amide bonds. The first-order valence-corrected chi connectivity index (χ1v) is 9.61. The summed E-state index contributed by atoms with van der Waals surface area (Å²) in [6, 6.07) is 8.37. The third-order valence-electron chi connectivity index (χ3n) is 4.49. The molecule has 152 valence electrons. The molecule has 2 unspecified atom stereocenters. The van der Waals surface area contributed by atoms with Crippen LogP contribution in [0.2, 0.25) is 0 Å². The lowest BCUT2D eigenvalue weighted by Crippen LogP contribution is -2.45. The fourth-order valence-corrected chi connectivity index (χ4v) is 2.94. The number of hydrogen-bond acceptors (Lipinski definition) is 4. The van der Waals surface area contributed by atoms with Gasteiger partial charge in [-0.15, -0.1) is 0 Å². The number of aromatic nitrogens is 2. The molecule has 0 radical (unpaired) electrons. The Labute approximate surface area is 164 Å². The minimum absolute atomic E-state index is 0.143. The van der Waals surface area contributed by atoms with Crippen LogP contribution in [-0.2, 0) is 15.9 Å². The van der Waals surface area contributed by atoms with E-state index in [1.54, 1.807) is 23.9 Å². The maximum Gasteiger partial charge on any atom is 0.191 e. The van der Waals surface area contributed by atoms with Crippen molar-refractivity contribution in [2.75, 3.05) is 33.4 Å². The lowest BCUT2D eigenvalue weighted by molar-refractivity contribution is 0.0347. The van der Waals surface area contributed by atoms with Crippen molar-refractivity contribution in [3.05, 3.63) is 48.0 Å². The number of ether oxygens (including phenoxy) is 2. The molecule has 2 N–H and O–H groups in total. The van der Waals surface area contributed by atoms with Crippen LogP contribution in [-0.4, -0.2) is 61.3 Å². The quantitative estimate of drug-likeness (QED) is 0.533. The van der Waals surface area contributed by atoms with Gasteiger partial charge in [-0.25, -0.2) is 9.07 Å². The molecule has 0 spiro atoms. The van der Waals surface area contributed by atoms with Gasteiger partial charge in [-0.1, -0.05) is 0 Å². The van der Waals surface area contributed by atoms with E-state index in [0.717, 1.165) is 36.8 Å². The molecule has 1 aliphatic rings. The van der Waals surface area contributed by atoms with Gasteiger partial charge in [0.1, 0.15) is 5.82 Å². The highest BCUT2D eigenvalue weighted by Gasteiger charge is 2.17. The number of aliphatic imine (C=N–C) groups is 1. The van der Waals surface area contributed by atoms with Gasteiger partial charge >= 0.3 is 0 Å². The van der Waals surface area contributed by atoms with E-state index in [2.05, 4.69) is 27.6 Å². The van der Waals surface area contributed by atoms with E-state index in [9.17, 15) is 4.39 Å². The highest BCUT2D eigenvalue weighted by molar-refractivity contribution is 5.79. The van der Waals surface area contributed by atoms with E-state index >= 15 is 0 Å². The van der Waals surface area contributed by atoms with Crippen LogP contribution in [0.5, 0.6) is 0 Å². The van der Waals surface area contributed by atoms with Crippen LogP contribution in [0.1, 0.15) is 19.0 Å². The molecule has 8 heteroatoms. The van der Waals surface area contributed by atoms with Gasteiger partial charge in [0.2, 0.25) is 0 Å². The second-order valence-electron chi connectivity index (χ2n) is 6.84. The summed E-state index contributed by atoms with van der Waals surface area (Å²) in [5, 5.41) is 11.1. The van der Waals surface area contributed by atoms with Crippen molar-refractivity contribution in [1.82, 2.24) is 20.4 Å². The van der Waals surface area contributed by atoms with E-state index in [0.29, 0.717) is 19.8 Å². The first-order valence-electron chi connectivity index (χ1n) is 9.61. The van der Waals surface area contributed by atoms with Crippen LogP contribution in [0.25, 0.3) is 5.69 Å². The molecule has 2 heterocycles. The molecule has 2 aromatic rings. The molecule has 1 aromatic carbocycles. The fourth-order valence-electron chi connectivity index (χ4n) is 2.94. The van der Waals surface area contributed by atoms with Crippen LogP contribution in [0.4, 0.5) is 4.39 Å². The van der Waals surface area contributed by atoms with Crippen LogP contribution < -0.4 is 10.6 Å². The van der Waals surface area contributed by atoms with Gasteiger partial charge in [0, 0.05) is 38.9 Å². The summed E-state index contributed by atoms with van der Waals surface area (Å²) in [4.78, 5) is 4.25. The van der Waals surface area contributed by atoms with E-state index < -0.39 is 0 Å². The Morgan fingerprint density at radius 2 is 2.21 bits per heavy atom. The molecule has 3 rings (SSSR count). The molecule has 7 nitrogen and oxygen atoms in total. The number of benzene rings is 1. The van der Waals surface area contributed by atoms with Crippen LogP contribution in [0.15, 0.2) is 41.5 Å². The second kappa shape index (κ2) is 10.2. The lowest BCUT2D eigenvalue weighted by atomic mass is 10.3. The summed E-state index contributed by atoms with van der Waals surface area (Å²) in [6.45, 7) is 4.84. The Hall–Kier alpha value is -2.45. The van der Waals surface area contributed by atoms with Gasteiger partial charge in [-0.05, 0) is 43.7 Å². The molecule has 1 fully saturated rings. The van der Waals surface area contributed by atoms with Gasteiger partial charge in [0.05, 0.1) is 30.7 Å². The number of nitrogens with zero attached hydrogens (tertiary/aromatic N) is 3. The van der Waals surface area contributed by atoms with Gasteiger partial charge in [-0.2, -0.15) is 5.10 Å². The van der Waals surface area contributed by atoms with Crippen LogP contribution >= 0.6 is 0 Å². The Balaban J connectivity index is 1.40. The zero-order chi connectivity index (χ0) is 19.8. The summed E-state index contributed by atoms with van der Waals surface area (Å²) >= 11 is 0. The molecule has 1 aliphatic heterocycles. The molecule has 0 saturated carbocycles. The second-order valence-corrected chi connectivity index (χ2v) is 6.84. The molecule has 1 saturated heterocycles. The highest BCUT2D eigenvalue weighted by Crippen LogP contribution is 2.09. The predicted octanol–water partition coefficient (Wildman–Crippen LogP) is 1.91. The van der Waals surface area contributed by atoms with Gasteiger partial charge in [-0.3, -0.25) is 4.99 Å². The van der Waals surface area contributed by atoms with Crippen molar-refractivity contribution in [2.45, 2.75) is 31.9 Å². The van der Waals surface area contributed by atoms with E-state index in [-0.39, 0.29) is 18.0 Å². The van der Waals surface area contributed by atoms with Gasteiger partial charge < -0.3 is 20.1 Å². The molecular formula is C20H28FN5O2. The third-order valence-corrected chi connectivity index (χ3v) is 4.49. The van der Waals surface area contributed by atoms with Gasteiger partial charge in [0.25, 0.3) is 0 Å². The average Bonchev–Trinajstić information content (AvgIpc) is 3.38. The van der Waals surface area contributed by atoms with Crippen LogP contribution in [0.3, 0.4) is 0 Å². The number of rotatable bonds is 8. The van der Waals surface area contributed by atoms with E-state index in [4.69, 9.17) is 9.47 Å².